The summed E-state index contributed by atoms with van der Waals surface area (Å²) in [5.74, 6) is -0.417. The number of nitro benzene ring substituents is 1. The van der Waals surface area contributed by atoms with E-state index in [-0.39, 0.29) is 41.9 Å². The molecule has 1 fully saturated rings. The lowest BCUT2D eigenvalue weighted by Gasteiger charge is -2.20. The number of carbonyl (C=O) groups excluding carboxylic acids is 2. The molecule has 1 amide bonds. The van der Waals surface area contributed by atoms with Crippen LogP contribution < -0.4 is 14.8 Å². The smallest absolute Gasteiger partial charge is 0.286 e. The maximum Gasteiger partial charge on any atom is 0.286 e. The number of benzene rings is 2. The quantitative estimate of drug-likeness (QED) is 0.478. The van der Waals surface area contributed by atoms with E-state index < -0.39 is 16.5 Å². The monoisotopic (exact) mass is 426 g/mol. The largest absolute Gasteiger partial charge is 0.493 e. The van der Waals surface area contributed by atoms with Gasteiger partial charge in [-0.25, -0.2) is 0 Å². The van der Waals surface area contributed by atoms with Crippen LogP contribution in [-0.2, 0) is 11.4 Å². The molecule has 0 spiro atoms. The third-order valence-corrected chi connectivity index (χ3v) is 5.44. The lowest BCUT2D eigenvalue weighted by molar-refractivity contribution is -0.385. The Balaban J connectivity index is 1.74. The summed E-state index contributed by atoms with van der Waals surface area (Å²) in [6, 6.07) is 11.8. The Labute approximate surface area is 180 Å². The first-order valence-corrected chi connectivity index (χ1v) is 10.3. The van der Waals surface area contributed by atoms with Crippen LogP contribution >= 0.6 is 0 Å². The number of ketones is 1. The topological polar surface area (TPSA) is 108 Å². The van der Waals surface area contributed by atoms with Crippen LogP contribution in [-0.4, -0.2) is 30.3 Å². The van der Waals surface area contributed by atoms with E-state index in [9.17, 15) is 19.7 Å². The number of ether oxygens (including phenoxy) is 2. The fourth-order valence-electron chi connectivity index (χ4n) is 3.72. The number of carbonyl (C=O) groups is 2. The molecule has 2 aromatic rings. The first-order chi connectivity index (χ1) is 15.0. The van der Waals surface area contributed by atoms with Crippen LogP contribution in [0.4, 0.5) is 5.69 Å². The lowest BCUT2D eigenvalue weighted by Crippen LogP contribution is -2.34. The number of hydrogen-bond donors (Lipinski definition) is 1. The molecule has 1 N–H and O–H groups in total. The van der Waals surface area contributed by atoms with Gasteiger partial charge in [0, 0.05) is 12.0 Å². The Kier molecular flexibility index (Phi) is 7.59. The highest BCUT2D eigenvalue weighted by Crippen LogP contribution is 2.35. The molecule has 3 rings (SSSR count). The van der Waals surface area contributed by atoms with Crippen molar-refractivity contribution in [3.8, 4) is 11.5 Å². The molecule has 0 atom stereocenters. The number of rotatable bonds is 9. The minimum atomic E-state index is -0.691. The van der Waals surface area contributed by atoms with Crippen molar-refractivity contribution in [2.24, 2.45) is 5.92 Å². The Morgan fingerprint density at radius 3 is 2.45 bits per heavy atom. The fourth-order valence-corrected chi connectivity index (χ4v) is 3.72. The van der Waals surface area contributed by atoms with Gasteiger partial charge < -0.3 is 14.8 Å². The minimum Gasteiger partial charge on any atom is -0.493 e. The number of Topliss-reactive ketones (excluding diaryl/α,β-unsaturated/α-hetero) is 1. The third-order valence-electron chi connectivity index (χ3n) is 5.44. The van der Waals surface area contributed by atoms with Crippen molar-refractivity contribution < 1.29 is 24.0 Å². The summed E-state index contributed by atoms with van der Waals surface area (Å²) in [5.41, 5.74) is 0.298. The molecule has 0 unspecified atom stereocenters. The molecule has 2 aromatic carbocycles. The SMILES string of the molecule is COc1cc(C(=O)NCC(=O)C2CCCCC2)c([N+](=O)[O-])cc1OCc1ccccc1. The number of hydrogen-bond acceptors (Lipinski definition) is 6. The van der Waals surface area contributed by atoms with E-state index in [0.29, 0.717) is 0 Å². The Morgan fingerprint density at radius 1 is 1.10 bits per heavy atom. The number of nitrogens with one attached hydrogen (secondary N) is 1. The highest BCUT2D eigenvalue weighted by Gasteiger charge is 2.26. The van der Waals surface area contributed by atoms with Crippen molar-refractivity contribution in [2.45, 2.75) is 38.7 Å². The molecular weight excluding hydrogens is 400 g/mol. The molecule has 0 bridgehead atoms. The van der Waals surface area contributed by atoms with Crippen LogP contribution in [0.1, 0.15) is 48.0 Å². The van der Waals surface area contributed by atoms with Crippen molar-refractivity contribution in [2.75, 3.05) is 13.7 Å². The molecule has 164 valence electrons. The van der Waals surface area contributed by atoms with E-state index >= 15 is 0 Å². The van der Waals surface area contributed by atoms with Crippen LogP contribution in [0.25, 0.3) is 0 Å². The number of nitrogens with zero attached hydrogens (tertiary/aromatic N) is 1. The van der Waals surface area contributed by atoms with E-state index in [1.165, 1.54) is 19.2 Å². The summed E-state index contributed by atoms with van der Waals surface area (Å²) in [6.45, 7) is 0.0466. The van der Waals surface area contributed by atoms with Gasteiger partial charge in [-0.05, 0) is 18.4 Å². The summed E-state index contributed by atoms with van der Waals surface area (Å²) in [6.07, 6.45) is 4.81. The first-order valence-electron chi connectivity index (χ1n) is 10.3. The maximum atomic E-state index is 12.7. The molecular formula is C23H26N2O6. The normalized spacial score (nSPS) is 14.0. The van der Waals surface area contributed by atoms with Crippen molar-refractivity contribution >= 4 is 17.4 Å². The zero-order valence-electron chi connectivity index (χ0n) is 17.5. The summed E-state index contributed by atoms with van der Waals surface area (Å²) in [4.78, 5) is 36.0. The van der Waals surface area contributed by atoms with Gasteiger partial charge in [-0.1, -0.05) is 49.6 Å². The van der Waals surface area contributed by atoms with Gasteiger partial charge in [-0.2, -0.15) is 0 Å². The molecule has 1 aliphatic rings. The zero-order chi connectivity index (χ0) is 22.2. The highest BCUT2D eigenvalue weighted by atomic mass is 16.6. The van der Waals surface area contributed by atoms with Crippen LogP contribution in [0, 0.1) is 16.0 Å². The molecule has 1 aliphatic carbocycles. The van der Waals surface area contributed by atoms with Crippen molar-refractivity contribution in [3.05, 3.63) is 63.7 Å². The van der Waals surface area contributed by atoms with Gasteiger partial charge >= 0.3 is 0 Å². The second-order valence-corrected chi connectivity index (χ2v) is 7.54. The predicted molar refractivity (Wildman–Crippen MR) is 114 cm³/mol. The maximum absolute atomic E-state index is 12.7. The Hall–Kier alpha value is -3.42. The van der Waals surface area contributed by atoms with Crippen LogP contribution in [0.5, 0.6) is 11.5 Å². The summed E-state index contributed by atoms with van der Waals surface area (Å²) < 4.78 is 11.0. The average Bonchev–Trinajstić information content (AvgIpc) is 2.81. The summed E-state index contributed by atoms with van der Waals surface area (Å²) in [5, 5.41) is 14.1. The molecule has 8 heteroatoms. The van der Waals surface area contributed by atoms with Gasteiger partial charge in [0.15, 0.2) is 17.3 Å². The summed E-state index contributed by atoms with van der Waals surface area (Å²) in [7, 11) is 1.39. The average molecular weight is 426 g/mol. The molecule has 31 heavy (non-hydrogen) atoms. The summed E-state index contributed by atoms with van der Waals surface area (Å²) >= 11 is 0. The van der Waals surface area contributed by atoms with Crippen molar-refractivity contribution in [3.63, 3.8) is 0 Å². The second-order valence-electron chi connectivity index (χ2n) is 7.54. The van der Waals surface area contributed by atoms with E-state index in [4.69, 9.17) is 9.47 Å². The molecule has 1 saturated carbocycles. The molecule has 0 aliphatic heterocycles. The number of nitro groups is 1. The number of amides is 1. The highest BCUT2D eigenvalue weighted by molar-refractivity contribution is 6.01. The van der Waals surface area contributed by atoms with Crippen LogP contribution in [0.2, 0.25) is 0 Å². The van der Waals surface area contributed by atoms with Gasteiger partial charge in [0.05, 0.1) is 24.6 Å². The Morgan fingerprint density at radius 2 is 1.81 bits per heavy atom. The van der Waals surface area contributed by atoms with Crippen LogP contribution in [0.15, 0.2) is 42.5 Å². The van der Waals surface area contributed by atoms with Crippen LogP contribution in [0.3, 0.4) is 0 Å². The third kappa shape index (κ3) is 5.81. The van der Waals surface area contributed by atoms with Gasteiger partial charge in [0.25, 0.3) is 11.6 Å². The Bertz CT molecular complexity index is 939. The predicted octanol–water partition coefficient (Wildman–Crippen LogP) is 4.06. The van der Waals surface area contributed by atoms with E-state index in [0.717, 1.165) is 37.7 Å². The van der Waals surface area contributed by atoms with Gasteiger partial charge in [-0.3, -0.25) is 19.7 Å². The molecule has 0 radical (unpaired) electrons. The number of methoxy groups -OCH3 is 1. The second kappa shape index (κ2) is 10.6. The van der Waals surface area contributed by atoms with Crippen molar-refractivity contribution in [1.29, 1.82) is 0 Å². The minimum absolute atomic E-state index is 0.0366. The zero-order valence-corrected chi connectivity index (χ0v) is 17.5. The first kappa shape index (κ1) is 22.3. The fraction of sp³-hybridized carbons (Fsp3) is 0.391. The molecule has 0 saturated heterocycles. The van der Waals surface area contributed by atoms with E-state index in [2.05, 4.69) is 5.32 Å². The standard InChI is InChI=1S/C23H26N2O6/c1-30-21-12-18(23(27)24-14-20(26)17-10-6-3-7-11-17)19(25(28)29)13-22(21)31-15-16-8-4-2-5-9-16/h2,4-5,8-9,12-13,17H,3,6-7,10-11,14-15H2,1H3,(H,24,27). The molecule has 8 nitrogen and oxygen atoms in total. The van der Waals surface area contributed by atoms with E-state index in [1.54, 1.807) is 0 Å². The van der Waals surface area contributed by atoms with Crippen molar-refractivity contribution in [1.82, 2.24) is 5.32 Å². The molecule has 0 heterocycles. The van der Waals surface area contributed by atoms with E-state index in [1.807, 2.05) is 30.3 Å². The lowest BCUT2D eigenvalue weighted by atomic mass is 9.86. The van der Waals surface area contributed by atoms with Gasteiger partial charge in [0.1, 0.15) is 12.2 Å². The van der Waals surface area contributed by atoms with Gasteiger partial charge in [-0.15, -0.1) is 0 Å². The van der Waals surface area contributed by atoms with Gasteiger partial charge in [0.2, 0.25) is 0 Å². The molecule has 0 aromatic heterocycles.